The van der Waals surface area contributed by atoms with E-state index in [1.165, 1.54) is 0 Å². The standard InChI is InChI=1S/C15H16ClF2N3/c16-14-11(9-10-3-1-2-4-12(10)20-14)13(15(17)18)21-7-5-19-6-8-21/h1-4,9,13,15,19H,5-8H2/t13-/m1/s1. The van der Waals surface area contributed by atoms with Crippen molar-refractivity contribution in [1.82, 2.24) is 15.2 Å². The summed E-state index contributed by atoms with van der Waals surface area (Å²) in [6, 6.07) is 8.15. The molecule has 0 aliphatic carbocycles. The van der Waals surface area contributed by atoms with Crippen molar-refractivity contribution in [2.24, 2.45) is 0 Å². The minimum absolute atomic E-state index is 0.164. The average molecular weight is 312 g/mol. The molecule has 1 aliphatic heterocycles. The molecule has 1 aromatic heterocycles. The van der Waals surface area contributed by atoms with Crippen molar-refractivity contribution in [3.8, 4) is 0 Å². The van der Waals surface area contributed by atoms with E-state index in [9.17, 15) is 8.78 Å². The molecular formula is C15H16ClF2N3. The van der Waals surface area contributed by atoms with E-state index < -0.39 is 12.5 Å². The van der Waals surface area contributed by atoms with Gasteiger partial charge in [-0.3, -0.25) is 4.90 Å². The van der Waals surface area contributed by atoms with Crippen LogP contribution in [0.5, 0.6) is 0 Å². The lowest BCUT2D eigenvalue weighted by Crippen LogP contribution is -2.47. The van der Waals surface area contributed by atoms with Gasteiger partial charge in [0.1, 0.15) is 5.15 Å². The maximum Gasteiger partial charge on any atom is 0.258 e. The molecule has 0 spiro atoms. The van der Waals surface area contributed by atoms with Gasteiger partial charge in [0.25, 0.3) is 6.43 Å². The van der Waals surface area contributed by atoms with E-state index >= 15 is 0 Å². The third-order valence-corrected chi connectivity index (χ3v) is 4.11. The fourth-order valence-electron chi connectivity index (χ4n) is 2.77. The molecule has 1 N–H and O–H groups in total. The predicted octanol–water partition coefficient (Wildman–Crippen LogP) is 3.10. The number of rotatable bonds is 3. The van der Waals surface area contributed by atoms with E-state index in [4.69, 9.17) is 11.6 Å². The van der Waals surface area contributed by atoms with E-state index in [-0.39, 0.29) is 5.15 Å². The number of nitrogens with one attached hydrogen (secondary N) is 1. The van der Waals surface area contributed by atoms with Crippen molar-refractivity contribution in [3.05, 3.63) is 41.0 Å². The number of pyridine rings is 1. The summed E-state index contributed by atoms with van der Waals surface area (Å²) in [5, 5.41) is 4.16. The van der Waals surface area contributed by atoms with Crippen LogP contribution in [-0.4, -0.2) is 42.5 Å². The topological polar surface area (TPSA) is 28.2 Å². The van der Waals surface area contributed by atoms with Crippen LogP contribution in [-0.2, 0) is 0 Å². The van der Waals surface area contributed by atoms with Crippen LogP contribution in [0.4, 0.5) is 8.78 Å². The van der Waals surface area contributed by atoms with Crippen LogP contribution in [0, 0.1) is 0 Å². The number of benzene rings is 1. The monoisotopic (exact) mass is 311 g/mol. The number of aromatic nitrogens is 1. The van der Waals surface area contributed by atoms with Gasteiger partial charge in [-0.05, 0) is 12.1 Å². The van der Waals surface area contributed by atoms with Gasteiger partial charge < -0.3 is 5.32 Å². The zero-order valence-electron chi connectivity index (χ0n) is 11.4. The molecule has 3 rings (SSSR count). The van der Waals surface area contributed by atoms with Crippen molar-refractivity contribution in [2.45, 2.75) is 12.5 Å². The summed E-state index contributed by atoms with van der Waals surface area (Å²) in [4.78, 5) is 6.04. The van der Waals surface area contributed by atoms with Crippen LogP contribution < -0.4 is 5.32 Å². The minimum atomic E-state index is -2.50. The molecule has 112 valence electrons. The smallest absolute Gasteiger partial charge is 0.258 e. The van der Waals surface area contributed by atoms with Crippen LogP contribution in [0.3, 0.4) is 0 Å². The third kappa shape index (κ3) is 3.00. The molecule has 1 fully saturated rings. The summed E-state index contributed by atoms with van der Waals surface area (Å²) in [5.74, 6) is 0. The molecule has 1 aromatic carbocycles. The highest BCUT2D eigenvalue weighted by atomic mass is 35.5. The zero-order chi connectivity index (χ0) is 14.8. The minimum Gasteiger partial charge on any atom is -0.314 e. The highest BCUT2D eigenvalue weighted by Crippen LogP contribution is 2.33. The lowest BCUT2D eigenvalue weighted by Gasteiger charge is -2.34. The highest BCUT2D eigenvalue weighted by molar-refractivity contribution is 6.30. The molecule has 6 heteroatoms. The number of fused-ring (bicyclic) bond motifs is 1. The Bertz CT molecular complexity index is 629. The quantitative estimate of drug-likeness (QED) is 0.883. The van der Waals surface area contributed by atoms with Crippen LogP contribution in [0.2, 0.25) is 5.15 Å². The fourth-order valence-corrected chi connectivity index (χ4v) is 3.03. The SMILES string of the molecule is FC(F)[C@@H](c1cc2ccccc2nc1Cl)N1CCNCC1. The van der Waals surface area contributed by atoms with Crippen molar-refractivity contribution < 1.29 is 8.78 Å². The molecule has 0 saturated carbocycles. The highest BCUT2D eigenvalue weighted by Gasteiger charge is 2.32. The summed E-state index contributed by atoms with van der Waals surface area (Å²) < 4.78 is 27.2. The molecule has 21 heavy (non-hydrogen) atoms. The third-order valence-electron chi connectivity index (χ3n) is 3.81. The first-order valence-electron chi connectivity index (χ1n) is 6.95. The molecule has 2 aromatic rings. The van der Waals surface area contributed by atoms with Crippen LogP contribution in [0.15, 0.2) is 30.3 Å². The number of hydrogen-bond donors (Lipinski definition) is 1. The molecule has 3 nitrogen and oxygen atoms in total. The first kappa shape index (κ1) is 14.6. The largest absolute Gasteiger partial charge is 0.314 e. The number of piperazine rings is 1. The van der Waals surface area contributed by atoms with Gasteiger partial charge in [-0.2, -0.15) is 0 Å². The maximum atomic E-state index is 13.6. The normalized spacial score (nSPS) is 18.3. The molecule has 0 bridgehead atoms. The van der Waals surface area contributed by atoms with E-state index in [2.05, 4.69) is 10.3 Å². The number of halogens is 3. The Hall–Kier alpha value is -1.30. The molecule has 1 atom stereocenters. The summed E-state index contributed by atoms with van der Waals surface area (Å²) in [5.41, 5.74) is 1.13. The van der Waals surface area contributed by atoms with Crippen molar-refractivity contribution in [1.29, 1.82) is 0 Å². The molecule has 1 aliphatic rings. The van der Waals surface area contributed by atoms with Crippen molar-refractivity contribution in [3.63, 3.8) is 0 Å². The molecule has 2 heterocycles. The van der Waals surface area contributed by atoms with Crippen molar-refractivity contribution in [2.75, 3.05) is 26.2 Å². The van der Waals surface area contributed by atoms with Crippen LogP contribution >= 0.6 is 11.6 Å². The first-order valence-corrected chi connectivity index (χ1v) is 7.33. The van der Waals surface area contributed by atoms with E-state index in [1.807, 2.05) is 24.3 Å². The van der Waals surface area contributed by atoms with E-state index in [1.54, 1.807) is 11.0 Å². The molecule has 0 amide bonds. The number of hydrogen-bond acceptors (Lipinski definition) is 3. The Balaban J connectivity index is 2.03. The van der Waals surface area contributed by atoms with Gasteiger partial charge in [-0.25, -0.2) is 13.8 Å². The fraction of sp³-hybridized carbons (Fsp3) is 0.400. The zero-order valence-corrected chi connectivity index (χ0v) is 12.2. The number of alkyl halides is 2. The molecule has 0 unspecified atom stereocenters. The lowest BCUT2D eigenvalue weighted by atomic mass is 10.0. The van der Waals surface area contributed by atoms with Crippen molar-refractivity contribution >= 4 is 22.5 Å². The predicted molar refractivity (Wildman–Crippen MR) is 79.9 cm³/mol. The Morgan fingerprint density at radius 2 is 1.90 bits per heavy atom. The van der Waals surface area contributed by atoms with Crippen LogP contribution in [0.25, 0.3) is 10.9 Å². The summed E-state index contributed by atoms with van der Waals surface area (Å²) in [6.45, 7) is 2.58. The first-order chi connectivity index (χ1) is 10.2. The lowest BCUT2D eigenvalue weighted by molar-refractivity contribution is 0.0181. The van der Waals surface area contributed by atoms with Crippen LogP contribution in [0.1, 0.15) is 11.6 Å². The van der Waals surface area contributed by atoms with Gasteiger partial charge >= 0.3 is 0 Å². The van der Waals surface area contributed by atoms with Gasteiger partial charge in [0.2, 0.25) is 0 Å². The molecule has 1 saturated heterocycles. The summed E-state index contributed by atoms with van der Waals surface area (Å²) >= 11 is 6.17. The number of nitrogens with zero attached hydrogens (tertiary/aromatic N) is 2. The Morgan fingerprint density at radius 3 is 2.62 bits per heavy atom. The van der Waals surface area contributed by atoms with E-state index in [0.29, 0.717) is 31.7 Å². The Labute approximate surface area is 126 Å². The number of para-hydroxylation sites is 1. The average Bonchev–Trinajstić information content (AvgIpc) is 2.49. The van der Waals surface area contributed by atoms with Gasteiger partial charge in [0, 0.05) is 37.1 Å². The second kappa shape index (κ2) is 6.22. The second-order valence-electron chi connectivity index (χ2n) is 5.13. The maximum absolute atomic E-state index is 13.6. The molecular weight excluding hydrogens is 296 g/mol. The van der Waals surface area contributed by atoms with Gasteiger partial charge in [-0.1, -0.05) is 29.8 Å². The second-order valence-corrected chi connectivity index (χ2v) is 5.48. The van der Waals surface area contributed by atoms with E-state index in [0.717, 1.165) is 10.9 Å². The van der Waals surface area contributed by atoms with Gasteiger partial charge in [0.15, 0.2) is 0 Å². The Kier molecular flexibility index (Phi) is 4.33. The summed E-state index contributed by atoms with van der Waals surface area (Å²) in [6.07, 6.45) is -2.50. The summed E-state index contributed by atoms with van der Waals surface area (Å²) in [7, 11) is 0. The molecule has 0 radical (unpaired) electrons. The Morgan fingerprint density at radius 1 is 1.19 bits per heavy atom. The van der Waals surface area contributed by atoms with Gasteiger partial charge in [-0.15, -0.1) is 0 Å². The van der Waals surface area contributed by atoms with Gasteiger partial charge in [0.05, 0.1) is 11.6 Å².